The average Bonchev–Trinajstić information content (AvgIpc) is 2.84. The van der Waals surface area contributed by atoms with Crippen molar-refractivity contribution in [2.45, 2.75) is 25.8 Å². The predicted molar refractivity (Wildman–Crippen MR) is 56.3 cm³/mol. The normalized spacial score (nSPS) is 20.1. The summed E-state index contributed by atoms with van der Waals surface area (Å²) in [5.74, 6) is -1.21. The van der Waals surface area contributed by atoms with Crippen molar-refractivity contribution in [1.29, 1.82) is 0 Å². The zero-order chi connectivity index (χ0) is 11.7. The molecule has 1 aromatic rings. The summed E-state index contributed by atoms with van der Waals surface area (Å²) in [6.45, 7) is 2.19. The first kappa shape index (κ1) is 11.0. The fourth-order valence-electron chi connectivity index (χ4n) is 1.82. The number of likely N-dealkylation sites (tertiary alicyclic amines) is 1. The molecular weight excluding hydrogens is 230 g/mol. The molecule has 0 bridgehead atoms. The Labute approximate surface area is 96.0 Å². The van der Waals surface area contributed by atoms with Crippen molar-refractivity contribution >= 4 is 23.4 Å². The summed E-state index contributed by atoms with van der Waals surface area (Å²) < 4.78 is 3.68. The molecule has 1 aliphatic heterocycles. The Kier molecular flexibility index (Phi) is 2.86. The summed E-state index contributed by atoms with van der Waals surface area (Å²) in [7, 11) is 0. The van der Waals surface area contributed by atoms with E-state index in [-0.39, 0.29) is 5.91 Å². The van der Waals surface area contributed by atoms with Gasteiger partial charge in [-0.15, -0.1) is 5.10 Å². The van der Waals surface area contributed by atoms with Crippen LogP contribution in [-0.2, 0) is 4.79 Å². The van der Waals surface area contributed by atoms with Gasteiger partial charge in [-0.05, 0) is 31.3 Å². The quantitative estimate of drug-likeness (QED) is 0.816. The lowest BCUT2D eigenvalue weighted by Crippen LogP contribution is -2.40. The van der Waals surface area contributed by atoms with Gasteiger partial charge in [0.25, 0.3) is 5.91 Å². The topological polar surface area (TPSA) is 83.4 Å². The second-order valence-corrected chi connectivity index (χ2v) is 4.44. The number of carboxylic acids is 1. The van der Waals surface area contributed by atoms with Gasteiger partial charge >= 0.3 is 5.97 Å². The number of hydrogen-bond acceptors (Lipinski definition) is 5. The molecule has 0 saturated carbocycles. The minimum Gasteiger partial charge on any atom is -0.480 e. The maximum Gasteiger partial charge on any atom is 0.326 e. The Morgan fingerprint density at radius 2 is 2.31 bits per heavy atom. The summed E-state index contributed by atoms with van der Waals surface area (Å²) in [5, 5.41) is 12.7. The maximum atomic E-state index is 12.0. The molecule has 2 rings (SSSR count). The summed E-state index contributed by atoms with van der Waals surface area (Å²) in [4.78, 5) is 24.8. The fourth-order valence-corrected chi connectivity index (χ4v) is 2.44. The van der Waals surface area contributed by atoms with Crippen molar-refractivity contribution in [3.05, 3.63) is 10.6 Å². The van der Waals surface area contributed by atoms with E-state index in [0.29, 0.717) is 23.5 Å². The van der Waals surface area contributed by atoms with E-state index in [2.05, 4.69) is 9.59 Å². The number of aliphatic carboxylic acids is 1. The zero-order valence-corrected chi connectivity index (χ0v) is 9.53. The SMILES string of the molecule is Cc1nnsc1C(=O)N1CCC[C@H]1C(=O)O. The summed E-state index contributed by atoms with van der Waals surface area (Å²) in [5.41, 5.74) is 0.561. The maximum absolute atomic E-state index is 12.0. The van der Waals surface area contributed by atoms with E-state index in [1.807, 2.05) is 0 Å². The monoisotopic (exact) mass is 241 g/mol. The van der Waals surface area contributed by atoms with Gasteiger partial charge in [0.2, 0.25) is 0 Å². The van der Waals surface area contributed by atoms with E-state index < -0.39 is 12.0 Å². The van der Waals surface area contributed by atoms with Crippen LogP contribution in [0.15, 0.2) is 0 Å². The Morgan fingerprint density at radius 3 is 2.88 bits per heavy atom. The molecule has 0 spiro atoms. The Morgan fingerprint density at radius 1 is 1.56 bits per heavy atom. The molecule has 0 radical (unpaired) electrons. The van der Waals surface area contributed by atoms with Crippen LogP contribution in [0, 0.1) is 6.92 Å². The smallest absolute Gasteiger partial charge is 0.326 e. The van der Waals surface area contributed by atoms with Gasteiger partial charge in [0.15, 0.2) is 0 Å². The lowest BCUT2D eigenvalue weighted by molar-refractivity contribution is -0.141. The Hall–Kier alpha value is -1.50. The van der Waals surface area contributed by atoms with Gasteiger partial charge in [-0.25, -0.2) is 4.79 Å². The first-order chi connectivity index (χ1) is 7.61. The molecule has 0 aromatic carbocycles. The first-order valence-electron chi connectivity index (χ1n) is 4.94. The van der Waals surface area contributed by atoms with Gasteiger partial charge in [-0.1, -0.05) is 4.49 Å². The summed E-state index contributed by atoms with van der Waals surface area (Å²) in [6.07, 6.45) is 1.25. The van der Waals surface area contributed by atoms with Crippen molar-refractivity contribution in [1.82, 2.24) is 14.5 Å². The minimum absolute atomic E-state index is 0.266. The van der Waals surface area contributed by atoms with Crippen LogP contribution in [0.3, 0.4) is 0 Å². The van der Waals surface area contributed by atoms with E-state index >= 15 is 0 Å². The van der Waals surface area contributed by atoms with Crippen LogP contribution >= 0.6 is 11.5 Å². The van der Waals surface area contributed by atoms with Crippen LogP contribution in [0.2, 0.25) is 0 Å². The molecule has 16 heavy (non-hydrogen) atoms. The second-order valence-electron chi connectivity index (χ2n) is 3.68. The van der Waals surface area contributed by atoms with Gasteiger partial charge in [0.05, 0.1) is 5.69 Å². The summed E-state index contributed by atoms with van der Waals surface area (Å²) in [6, 6.07) is -0.700. The highest BCUT2D eigenvalue weighted by atomic mass is 32.1. The van der Waals surface area contributed by atoms with Crippen molar-refractivity contribution in [3.63, 3.8) is 0 Å². The van der Waals surface area contributed by atoms with Crippen molar-refractivity contribution in [3.8, 4) is 0 Å². The van der Waals surface area contributed by atoms with Gasteiger partial charge in [-0.3, -0.25) is 4.79 Å². The van der Waals surface area contributed by atoms with Crippen LogP contribution < -0.4 is 0 Å². The van der Waals surface area contributed by atoms with Crippen molar-refractivity contribution in [2.24, 2.45) is 0 Å². The van der Waals surface area contributed by atoms with Crippen LogP contribution in [0.25, 0.3) is 0 Å². The average molecular weight is 241 g/mol. The molecule has 7 heteroatoms. The molecule has 0 aliphatic carbocycles. The molecule has 1 saturated heterocycles. The molecule has 1 amide bonds. The van der Waals surface area contributed by atoms with E-state index in [1.54, 1.807) is 6.92 Å². The van der Waals surface area contributed by atoms with Gasteiger partial charge < -0.3 is 10.0 Å². The Bertz CT molecular complexity index is 431. The lowest BCUT2D eigenvalue weighted by atomic mass is 10.2. The second kappa shape index (κ2) is 4.17. The zero-order valence-electron chi connectivity index (χ0n) is 8.71. The van der Waals surface area contributed by atoms with Crippen LogP contribution in [-0.4, -0.2) is 44.1 Å². The third-order valence-corrected chi connectivity index (χ3v) is 3.46. The number of carboxylic acid groups (broad SMARTS) is 1. The first-order valence-corrected chi connectivity index (χ1v) is 5.71. The largest absolute Gasteiger partial charge is 0.480 e. The predicted octanol–water partition coefficient (Wildman–Crippen LogP) is 0.536. The standard InChI is InChI=1S/C9H11N3O3S/c1-5-7(16-11-10-5)8(13)12-4-2-3-6(12)9(14)15/h6H,2-4H2,1H3,(H,14,15)/t6-/m0/s1. The molecule has 6 nitrogen and oxygen atoms in total. The van der Waals surface area contributed by atoms with E-state index in [0.717, 1.165) is 18.0 Å². The molecule has 2 heterocycles. The highest BCUT2D eigenvalue weighted by Gasteiger charge is 2.35. The number of carbonyl (C=O) groups is 2. The molecule has 86 valence electrons. The lowest BCUT2D eigenvalue weighted by Gasteiger charge is -2.20. The van der Waals surface area contributed by atoms with Crippen LogP contribution in [0.5, 0.6) is 0 Å². The highest BCUT2D eigenvalue weighted by Crippen LogP contribution is 2.22. The van der Waals surface area contributed by atoms with Crippen molar-refractivity contribution in [2.75, 3.05) is 6.54 Å². The molecule has 1 aromatic heterocycles. The highest BCUT2D eigenvalue weighted by molar-refractivity contribution is 7.07. The van der Waals surface area contributed by atoms with Crippen LogP contribution in [0.1, 0.15) is 28.2 Å². The number of nitrogens with zero attached hydrogens (tertiary/aromatic N) is 3. The van der Waals surface area contributed by atoms with Gasteiger partial charge in [0.1, 0.15) is 10.9 Å². The Balaban J connectivity index is 2.22. The fraction of sp³-hybridized carbons (Fsp3) is 0.556. The third-order valence-electron chi connectivity index (χ3n) is 2.64. The molecular formula is C9H11N3O3S. The molecule has 1 fully saturated rings. The molecule has 0 unspecified atom stereocenters. The number of hydrogen-bond donors (Lipinski definition) is 1. The minimum atomic E-state index is -0.944. The van der Waals surface area contributed by atoms with Crippen LogP contribution in [0.4, 0.5) is 0 Å². The molecule has 1 atom stereocenters. The number of rotatable bonds is 2. The van der Waals surface area contributed by atoms with E-state index in [9.17, 15) is 9.59 Å². The van der Waals surface area contributed by atoms with Gasteiger partial charge in [0, 0.05) is 6.54 Å². The number of amides is 1. The summed E-state index contributed by atoms with van der Waals surface area (Å²) >= 11 is 1.01. The van der Waals surface area contributed by atoms with Gasteiger partial charge in [-0.2, -0.15) is 0 Å². The third kappa shape index (κ3) is 1.78. The van der Waals surface area contributed by atoms with E-state index in [1.165, 1.54) is 4.90 Å². The molecule has 1 aliphatic rings. The number of aryl methyl sites for hydroxylation is 1. The number of carbonyl (C=O) groups excluding carboxylic acids is 1. The molecule has 1 N–H and O–H groups in total. The van der Waals surface area contributed by atoms with E-state index in [4.69, 9.17) is 5.11 Å². The van der Waals surface area contributed by atoms with Crippen molar-refractivity contribution < 1.29 is 14.7 Å². The number of aromatic nitrogens is 2.